The molecule has 2 aromatic carbocycles. The van der Waals surface area contributed by atoms with Crippen molar-refractivity contribution in [3.8, 4) is 5.75 Å². The lowest BCUT2D eigenvalue weighted by atomic mass is 10.1. The van der Waals surface area contributed by atoms with Crippen molar-refractivity contribution in [3.63, 3.8) is 0 Å². The molecular weight excluding hydrogens is 405 g/mol. The topological polar surface area (TPSA) is 38.3 Å². The largest absolute Gasteiger partial charge is 0.497 e. The molecule has 3 nitrogen and oxygen atoms in total. The van der Waals surface area contributed by atoms with Gasteiger partial charge in [-0.25, -0.2) is 4.39 Å². The normalized spacial score (nSPS) is 10.3. The zero-order chi connectivity index (χ0) is 15.6. The van der Waals surface area contributed by atoms with E-state index in [2.05, 4.69) is 37.2 Å². The fourth-order valence-electron chi connectivity index (χ4n) is 1.78. The van der Waals surface area contributed by atoms with Crippen molar-refractivity contribution in [2.24, 2.45) is 0 Å². The van der Waals surface area contributed by atoms with Gasteiger partial charge in [-0.2, -0.15) is 0 Å². The van der Waals surface area contributed by atoms with Gasteiger partial charge in [0.05, 0.1) is 17.1 Å². The lowest BCUT2D eigenvalue weighted by Crippen LogP contribution is -2.14. The third-order valence-corrected chi connectivity index (χ3v) is 4.23. The first-order valence-corrected chi connectivity index (χ1v) is 7.61. The minimum atomic E-state index is -0.430. The Labute approximate surface area is 138 Å². The van der Waals surface area contributed by atoms with Crippen molar-refractivity contribution < 1.29 is 13.9 Å². The van der Waals surface area contributed by atoms with Gasteiger partial charge in [-0.05, 0) is 74.7 Å². The van der Waals surface area contributed by atoms with Crippen LogP contribution in [-0.2, 0) is 0 Å². The fourth-order valence-corrected chi connectivity index (χ4v) is 2.66. The van der Waals surface area contributed by atoms with Crippen LogP contribution >= 0.6 is 31.9 Å². The zero-order valence-corrected chi connectivity index (χ0v) is 14.5. The Hall–Kier alpha value is -1.40. The van der Waals surface area contributed by atoms with Gasteiger partial charge >= 0.3 is 0 Å². The highest BCUT2D eigenvalue weighted by Crippen LogP contribution is 2.27. The summed E-state index contributed by atoms with van der Waals surface area (Å²) in [5, 5.41) is 2.70. The molecule has 0 heterocycles. The third-order valence-electron chi connectivity index (χ3n) is 2.93. The number of ether oxygens (including phenoxy) is 1. The molecule has 0 aliphatic carbocycles. The number of rotatable bonds is 3. The summed E-state index contributed by atoms with van der Waals surface area (Å²) >= 11 is 6.43. The first kappa shape index (κ1) is 16.0. The lowest BCUT2D eigenvalue weighted by Gasteiger charge is -2.11. The number of nitrogens with one attached hydrogen (secondary N) is 1. The number of hydrogen-bond donors (Lipinski definition) is 1. The van der Waals surface area contributed by atoms with Gasteiger partial charge in [-0.1, -0.05) is 0 Å². The van der Waals surface area contributed by atoms with Crippen LogP contribution in [-0.4, -0.2) is 13.0 Å². The summed E-state index contributed by atoms with van der Waals surface area (Å²) in [5.74, 6) is -0.201. The summed E-state index contributed by atoms with van der Waals surface area (Å²) in [6, 6.07) is 7.98. The van der Waals surface area contributed by atoms with Crippen LogP contribution in [0, 0.1) is 12.7 Å². The molecule has 0 spiro atoms. The van der Waals surface area contributed by atoms with Crippen LogP contribution in [0.3, 0.4) is 0 Å². The van der Waals surface area contributed by atoms with Gasteiger partial charge in [0, 0.05) is 10.2 Å². The predicted molar refractivity (Wildman–Crippen MR) is 87.5 cm³/mol. The van der Waals surface area contributed by atoms with Gasteiger partial charge in [0.1, 0.15) is 11.6 Å². The Morgan fingerprint density at radius 1 is 1.19 bits per heavy atom. The highest BCUT2D eigenvalue weighted by atomic mass is 79.9. The van der Waals surface area contributed by atoms with Gasteiger partial charge < -0.3 is 10.1 Å². The number of anilines is 1. The Kier molecular flexibility index (Phi) is 5.00. The monoisotopic (exact) mass is 415 g/mol. The smallest absolute Gasteiger partial charge is 0.256 e. The summed E-state index contributed by atoms with van der Waals surface area (Å²) < 4.78 is 19.7. The molecule has 1 N–H and O–H groups in total. The van der Waals surface area contributed by atoms with E-state index >= 15 is 0 Å². The van der Waals surface area contributed by atoms with E-state index in [4.69, 9.17) is 4.74 Å². The summed E-state index contributed by atoms with van der Waals surface area (Å²) in [5.41, 5.74) is 1.60. The number of carbonyl (C=O) groups is 1. The number of benzene rings is 2. The van der Waals surface area contributed by atoms with Crippen LogP contribution in [0.25, 0.3) is 0 Å². The molecule has 0 radical (unpaired) electrons. The molecule has 1 amide bonds. The van der Waals surface area contributed by atoms with Crippen LogP contribution < -0.4 is 10.1 Å². The second-order valence-corrected chi connectivity index (χ2v) is 6.09. The zero-order valence-electron chi connectivity index (χ0n) is 11.3. The molecule has 21 heavy (non-hydrogen) atoms. The molecule has 6 heteroatoms. The van der Waals surface area contributed by atoms with Gasteiger partial charge in [0.15, 0.2) is 0 Å². The van der Waals surface area contributed by atoms with Crippen molar-refractivity contribution in [1.29, 1.82) is 0 Å². The second-order valence-electron chi connectivity index (χ2n) is 4.38. The molecule has 0 fully saturated rings. The Bertz CT molecular complexity index is 704. The van der Waals surface area contributed by atoms with Crippen LogP contribution in [0.1, 0.15) is 15.9 Å². The van der Waals surface area contributed by atoms with Crippen LogP contribution in [0.15, 0.2) is 39.3 Å². The summed E-state index contributed by atoms with van der Waals surface area (Å²) in [7, 11) is 1.53. The quantitative estimate of drug-likeness (QED) is 0.771. The molecule has 2 aromatic rings. The average molecular weight is 417 g/mol. The average Bonchev–Trinajstić information content (AvgIpc) is 2.45. The minimum Gasteiger partial charge on any atom is -0.497 e. The molecule has 0 aromatic heterocycles. The van der Waals surface area contributed by atoms with Crippen molar-refractivity contribution in [2.75, 3.05) is 12.4 Å². The maximum absolute atomic E-state index is 13.6. The number of carbonyl (C=O) groups excluding carboxylic acids is 1. The first-order chi connectivity index (χ1) is 9.92. The SMILES string of the molecule is COc1ccc(Br)c(C(=O)Nc2cc(F)c(Br)cc2C)c1. The number of hydrogen-bond acceptors (Lipinski definition) is 2. The van der Waals surface area contributed by atoms with Gasteiger partial charge in [0.25, 0.3) is 5.91 Å². The Morgan fingerprint density at radius 3 is 2.57 bits per heavy atom. The second kappa shape index (κ2) is 6.58. The van der Waals surface area contributed by atoms with Crippen LogP contribution in [0.5, 0.6) is 5.75 Å². The molecule has 0 unspecified atom stereocenters. The molecule has 0 saturated heterocycles. The minimum absolute atomic E-state index is 0.342. The van der Waals surface area contributed by atoms with E-state index in [1.54, 1.807) is 31.2 Å². The number of amides is 1. The molecular formula is C15H12Br2FNO2. The van der Waals surface area contributed by atoms with Gasteiger partial charge in [0.2, 0.25) is 0 Å². The summed E-state index contributed by atoms with van der Waals surface area (Å²) in [4.78, 5) is 12.3. The molecule has 0 aliphatic heterocycles. The third kappa shape index (κ3) is 3.63. The van der Waals surface area contributed by atoms with Crippen molar-refractivity contribution >= 4 is 43.5 Å². The van der Waals surface area contributed by atoms with E-state index in [1.165, 1.54) is 13.2 Å². The number of aryl methyl sites for hydroxylation is 1. The summed E-state index contributed by atoms with van der Waals surface area (Å²) in [6.07, 6.45) is 0. The van der Waals surface area contributed by atoms with Gasteiger partial charge in [-0.3, -0.25) is 4.79 Å². The number of methoxy groups -OCH3 is 1. The lowest BCUT2D eigenvalue weighted by molar-refractivity contribution is 0.102. The standard InChI is InChI=1S/C15H12Br2FNO2/c1-8-5-12(17)13(18)7-14(8)19-15(20)10-6-9(21-2)3-4-11(10)16/h3-7H,1-2H3,(H,19,20). The van der Waals surface area contributed by atoms with E-state index in [9.17, 15) is 9.18 Å². The van der Waals surface area contributed by atoms with Crippen molar-refractivity contribution in [3.05, 3.63) is 56.2 Å². The predicted octanol–water partition coefficient (Wildman–Crippen LogP) is 4.92. The van der Waals surface area contributed by atoms with Gasteiger partial charge in [-0.15, -0.1) is 0 Å². The van der Waals surface area contributed by atoms with Crippen molar-refractivity contribution in [2.45, 2.75) is 6.92 Å². The molecule has 0 aliphatic rings. The van der Waals surface area contributed by atoms with E-state index < -0.39 is 5.82 Å². The Balaban J connectivity index is 2.32. The summed E-state index contributed by atoms with van der Waals surface area (Å²) in [6.45, 7) is 1.79. The molecule has 110 valence electrons. The highest BCUT2D eigenvalue weighted by molar-refractivity contribution is 9.10. The van der Waals surface area contributed by atoms with Crippen LogP contribution in [0.2, 0.25) is 0 Å². The van der Waals surface area contributed by atoms with Crippen LogP contribution in [0.4, 0.5) is 10.1 Å². The van der Waals surface area contributed by atoms with E-state index in [-0.39, 0.29) is 5.91 Å². The highest BCUT2D eigenvalue weighted by Gasteiger charge is 2.14. The maximum Gasteiger partial charge on any atom is 0.256 e. The molecule has 0 atom stereocenters. The molecule has 2 rings (SSSR count). The molecule has 0 bridgehead atoms. The van der Waals surface area contributed by atoms with E-state index in [0.717, 1.165) is 5.56 Å². The van der Waals surface area contributed by atoms with E-state index in [1.807, 2.05) is 0 Å². The number of halogens is 3. The van der Waals surface area contributed by atoms with E-state index in [0.29, 0.717) is 25.9 Å². The first-order valence-electron chi connectivity index (χ1n) is 6.03. The maximum atomic E-state index is 13.6. The fraction of sp³-hybridized carbons (Fsp3) is 0.133. The van der Waals surface area contributed by atoms with Crippen molar-refractivity contribution in [1.82, 2.24) is 0 Å². The Morgan fingerprint density at radius 2 is 1.90 bits per heavy atom. The molecule has 0 saturated carbocycles.